The lowest BCUT2D eigenvalue weighted by Gasteiger charge is -2.38. The van der Waals surface area contributed by atoms with E-state index in [0.29, 0.717) is 6.04 Å². The number of ether oxygens (including phenoxy) is 1. The molecule has 1 atom stereocenters. The highest BCUT2D eigenvalue weighted by molar-refractivity contribution is 5.64. The van der Waals surface area contributed by atoms with Crippen LogP contribution in [0.2, 0.25) is 0 Å². The number of piperazine rings is 1. The molecule has 0 N–H and O–H groups in total. The number of methoxy groups -OCH3 is 1. The summed E-state index contributed by atoms with van der Waals surface area (Å²) in [7, 11) is 1.73. The van der Waals surface area contributed by atoms with Crippen LogP contribution in [-0.2, 0) is 10.9 Å². The minimum atomic E-state index is -4.30. The molecule has 1 fully saturated rings. The number of hydrogen-bond donors (Lipinski definition) is 0. The molecule has 28 heavy (non-hydrogen) atoms. The highest BCUT2D eigenvalue weighted by Crippen LogP contribution is 2.31. The summed E-state index contributed by atoms with van der Waals surface area (Å²) in [6.45, 7) is 8.06. The monoisotopic (exact) mass is 392 g/mol. The fourth-order valence-corrected chi connectivity index (χ4v) is 3.61. The third-order valence-corrected chi connectivity index (χ3v) is 5.50. The molecular weight excluding hydrogens is 365 g/mol. The van der Waals surface area contributed by atoms with Gasteiger partial charge in [0.1, 0.15) is 0 Å². The number of rotatable bonds is 6. The minimum absolute atomic E-state index is 0.311. The van der Waals surface area contributed by atoms with Crippen molar-refractivity contribution >= 4 is 0 Å². The van der Waals surface area contributed by atoms with Gasteiger partial charge < -0.3 is 4.74 Å². The van der Waals surface area contributed by atoms with Crippen molar-refractivity contribution in [3.63, 3.8) is 0 Å². The van der Waals surface area contributed by atoms with E-state index >= 15 is 0 Å². The highest BCUT2D eigenvalue weighted by Gasteiger charge is 2.30. The zero-order valence-corrected chi connectivity index (χ0v) is 16.4. The largest absolute Gasteiger partial charge is 0.416 e. The van der Waals surface area contributed by atoms with Gasteiger partial charge in [0.2, 0.25) is 0 Å². The lowest BCUT2D eigenvalue weighted by Crippen LogP contribution is -2.47. The maximum atomic E-state index is 12.7. The Kier molecular flexibility index (Phi) is 6.75. The average molecular weight is 392 g/mol. The first-order chi connectivity index (χ1) is 13.4. The Hall–Kier alpha value is -1.89. The van der Waals surface area contributed by atoms with Gasteiger partial charge in [-0.05, 0) is 35.7 Å². The SMILES string of the molecule is COCCN1CCN(C(C)c2ccc(-c3ccc(C(F)(F)F)cc3)cc2)CC1. The molecule has 0 saturated carbocycles. The summed E-state index contributed by atoms with van der Waals surface area (Å²) >= 11 is 0. The zero-order chi connectivity index (χ0) is 20.1. The van der Waals surface area contributed by atoms with Crippen LogP contribution < -0.4 is 0 Å². The van der Waals surface area contributed by atoms with Crippen LogP contribution >= 0.6 is 0 Å². The van der Waals surface area contributed by atoms with E-state index in [-0.39, 0.29) is 0 Å². The van der Waals surface area contributed by atoms with E-state index in [0.717, 1.165) is 62.6 Å². The summed E-state index contributed by atoms with van der Waals surface area (Å²) in [6, 6.07) is 13.8. The topological polar surface area (TPSA) is 15.7 Å². The van der Waals surface area contributed by atoms with E-state index in [9.17, 15) is 13.2 Å². The van der Waals surface area contributed by atoms with Crippen LogP contribution in [0, 0.1) is 0 Å². The third-order valence-electron chi connectivity index (χ3n) is 5.50. The third kappa shape index (κ3) is 5.13. The van der Waals surface area contributed by atoms with E-state index < -0.39 is 11.7 Å². The standard InChI is InChI=1S/C22H27F3N2O/c1-17(27-13-11-26(12-14-27)15-16-28-2)18-3-5-19(6-4-18)20-7-9-21(10-8-20)22(23,24)25/h3-10,17H,11-16H2,1-2H3. The number of benzene rings is 2. The first kappa shape index (κ1) is 20.8. The molecule has 0 spiro atoms. The second kappa shape index (κ2) is 9.07. The number of alkyl halides is 3. The number of nitrogens with zero attached hydrogens (tertiary/aromatic N) is 2. The molecule has 152 valence electrons. The Morgan fingerprint density at radius 3 is 1.93 bits per heavy atom. The van der Waals surface area contributed by atoms with Gasteiger partial charge in [0.25, 0.3) is 0 Å². The molecule has 0 aromatic heterocycles. The van der Waals surface area contributed by atoms with Gasteiger partial charge in [-0.15, -0.1) is 0 Å². The second-order valence-electron chi connectivity index (χ2n) is 7.24. The Morgan fingerprint density at radius 1 is 0.893 bits per heavy atom. The van der Waals surface area contributed by atoms with Crippen molar-refractivity contribution in [2.75, 3.05) is 46.4 Å². The molecule has 6 heteroatoms. The molecular formula is C22H27F3N2O. The van der Waals surface area contributed by atoms with Gasteiger partial charge in [-0.2, -0.15) is 13.2 Å². The van der Waals surface area contributed by atoms with Crippen LogP contribution in [0.1, 0.15) is 24.1 Å². The van der Waals surface area contributed by atoms with Crippen molar-refractivity contribution in [2.45, 2.75) is 19.1 Å². The minimum Gasteiger partial charge on any atom is -0.383 e. The molecule has 1 aliphatic heterocycles. The maximum Gasteiger partial charge on any atom is 0.416 e. The summed E-state index contributed by atoms with van der Waals surface area (Å²) in [5.41, 5.74) is 2.32. The number of halogens is 3. The van der Waals surface area contributed by atoms with Gasteiger partial charge in [-0.25, -0.2) is 0 Å². The van der Waals surface area contributed by atoms with Gasteiger partial charge in [0, 0.05) is 45.9 Å². The lowest BCUT2D eigenvalue weighted by molar-refractivity contribution is -0.137. The predicted octanol–water partition coefficient (Wildman–Crippen LogP) is 4.70. The van der Waals surface area contributed by atoms with E-state index in [1.165, 1.54) is 17.7 Å². The summed E-state index contributed by atoms with van der Waals surface area (Å²) < 4.78 is 43.3. The van der Waals surface area contributed by atoms with Crippen molar-refractivity contribution in [2.24, 2.45) is 0 Å². The Balaban J connectivity index is 1.61. The molecule has 2 aromatic rings. The van der Waals surface area contributed by atoms with E-state index in [1.54, 1.807) is 7.11 Å². The van der Waals surface area contributed by atoms with Crippen LogP contribution in [0.15, 0.2) is 48.5 Å². The first-order valence-electron chi connectivity index (χ1n) is 9.61. The average Bonchev–Trinajstić information content (AvgIpc) is 2.72. The molecule has 1 unspecified atom stereocenters. The maximum absolute atomic E-state index is 12.7. The van der Waals surface area contributed by atoms with Gasteiger partial charge in [-0.3, -0.25) is 9.80 Å². The van der Waals surface area contributed by atoms with E-state index in [4.69, 9.17) is 4.74 Å². The highest BCUT2D eigenvalue weighted by atomic mass is 19.4. The molecule has 1 aliphatic rings. The molecule has 0 bridgehead atoms. The molecule has 2 aromatic carbocycles. The van der Waals surface area contributed by atoms with Gasteiger partial charge in [0.15, 0.2) is 0 Å². The molecule has 0 amide bonds. The fourth-order valence-electron chi connectivity index (χ4n) is 3.61. The quantitative estimate of drug-likeness (QED) is 0.709. The summed E-state index contributed by atoms with van der Waals surface area (Å²) in [6.07, 6.45) is -4.30. The molecule has 3 rings (SSSR count). The summed E-state index contributed by atoms with van der Waals surface area (Å²) in [4.78, 5) is 4.89. The summed E-state index contributed by atoms with van der Waals surface area (Å²) in [5, 5.41) is 0. The Bertz CT molecular complexity index is 736. The molecule has 1 saturated heterocycles. The Labute approximate surface area is 164 Å². The lowest BCUT2D eigenvalue weighted by atomic mass is 9.99. The second-order valence-corrected chi connectivity index (χ2v) is 7.24. The van der Waals surface area contributed by atoms with Crippen LogP contribution in [-0.4, -0.2) is 56.2 Å². The van der Waals surface area contributed by atoms with E-state index in [2.05, 4.69) is 28.9 Å². The normalized spacial score (nSPS) is 17.6. The Morgan fingerprint density at radius 2 is 1.43 bits per heavy atom. The molecule has 0 radical (unpaired) electrons. The van der Waals surface area contributed by atoms with Crippen LogP contribution in [0.3, 0.4) is 0 Å². The van der Waals surface area contributed by atoms with Crippen LogP contribution in [0.25, 0.3) is 11.1 Å². The fraction of sp³-hybridized carbons (Fsp3) is 0.455. The van der Waals surface area contributed by atoms with Crippen molar-refractivity contribution in [1.29, 1.82) is 0 Å². The van der Waals surface area contributed by atoms with Gasteiger partial charge >= 0.3 is 6.18 Å². The first-order valence-corrected chi connectivity index (χ1v) is 9.61. The predicted molar refractivity (Wildman–Crippen MR) is 105 cm³/mol. The number of hydrogen-bond acceptors (Lipinski definition) is 3. The zero-order valence-electron chi connectivity index (χ0n) is 16.4. The van der Waals surface area contributed by atoms with Crippen molar-refractivity contribution in [3.8, 4) is 11.1 Å². The molecule has 0 aliphatic carbocycles. The van der Waals surface area contributed by atoms with Crippen LogP contribution in [0.4, 0.5) is 13.2 Å². The summed E-state index contributed by atoms with van der Waals surface area (Å²) in [5.74, 6) is 0. The van der Waals surface area contributed by atoms with Gasteiger partial charge in [0.05, 0.1) is 12.2 Å². The van der Waals surface area contributed by atoms with Gasteiger partial charge in [-0.1, -0.05) is 36.4 Å². The van der Waals surface area contributed by atoms with Crippen molar-refractivity contribution in [1.82, 2.24) is 9.80 Å². The molecule has 1 heterocycles. The smallest absolute Gasteiger partial charge is 0.383 e. The molecule has 3 nitrogen and oxygen atoms in total. The van der Waals surface area contributed by atoms with Crippen molar-refractivity contribution in [3.05, 3.63) is 59.7 Å². The van der Waals surface area contributed by atoms with E-state index in [1.807, 2.05) is 12.1 Å². The van der Waals surface area contributed by atoms with Crippen LogP contribution in [0.5, 0.6) is 0 Å². The van der Waals surface area contributed by atoms with Crippen molar-refractivity contribution < 1.29 is 17.9 Å².